The molecule has 3 aromatic carbocycles. The number of ether oxygens (including phenoxy) is 3. The lowest BCUT2D eigenvalue weighted by Gasteiger charge is -2.29. The van der Waals surface area contributed by atoms with Gasteiger partial charge in [0.15, 0.2) is 11.5 Å². The Kier molecular flexibility index (Phi) is 5.92. The van der Waals surface area contributed by atoms with Crippen LogP contribution in [0.5, 0.6) is 17.2 Å². The van der Waals surface area contributed by atoms with Gasteiger partial charge in [0.2, 0.25) is 0 Å². The summed E-state index contributed by atoms with van der Waals surface area (Å²) in [6, 6.07) is 20.3. The van der Waals surface area contributed by atoms with Gasteiger partial charge in [-0.05, 0) is 65.6 Å². The maximum Gasteiger partial charge on any atom is 0.161 e. The minimum Gasteiger partial charge on any atom is -0.497 e. The first-order valence-corrected chi connectivity index (χ1v) is 9.96. The van der Waals surface area contributed by atoms with Crippen LogP contribution in [0.15, 0.2) is 60.7 Å². The second-order valence-corrected chi connectivity index (χ2v) is 7.11. The maximum absolute atomic E-state index is 5.55. The van der Waals surface area contributed by atoms with Gasteiger partial charge >= 0.3 is 0 Å². The van der Waals surface area contributed by atoms with Crippen LogP contribution in [0.3, 0.4) is 0 Å². The Morgan fingerprint density at radius 2 is 1.53 bits per heavy atom. The predicted molar refractivity (Wildman–Crippen MR) is 119 cm³/mol. The average Bonchev–Trinajstić information content (AvgIpc) is 2.82. The fourth-order valence-electron chi connectivity index (χ4n) is 3.84. The largest absolute Gasteiger partial charge is 0.497 e. The monoisotopic (exact) mass is 399 g/mol. The summed E-state index contributed by atoms with van der Waals surface area (Å²) in [6.45, 7) is 0.896. The van der Waals surface area contributed by atoms with Crippen molar-refractivity contribution in [1.29, 1.82) is 0 Å². The van der Waals surface area contributed by atoms with Crippen molar-refractivity contribution in [3.8, 4) is 29.1 Å². The molecule has 30 heavy (non-hydrogen) atoms. The molecule has 1 aliphatic heterocycles. The fourth-order valence-corrected chi connectivity index (χ4v) is 3.84. The van der Waals surface area contributed by atoms with Crippen LogP contribution in [-0.4, -0.2) is 27.9 Å². The second-order valence-electron chi connectivity index (χ2n) is 7.11. The number of fused-ring (bicyclic) bond motifs is 1. The van der Waals surface area contributed by atoms with Crippen molar-refractivity contribution >= 4 is 0 Å². The molecule has 0 saturated heterocycles. The van der Waals surface area contributed by atoms with Crippen LogP contribution >= 0.6 is 0 Å². The standard InChI is InChI=1S/C26H25NO3/c1-28-21-12-9-18(10-13-21)8-11-19-6-4-5-7-22(19)26-23-17-25(30-3)24(29-2)16-20(23)14-15-27-26/h4-7,9-10,12-13,16-17,26-27H,14-15H2,1-3H3. The van der Waals surface area contributed by atoms with E-state index in [4.69, 9.17) is 14.2 Å². The summed E-state index contributed by atoms with van der Waals surface area (Å²) >= 11 is 0. The van der Waals surface area contributed by atoms with Crippen molar-refractivity contribution in [3.63, 3.8) is 0 Å². The lowest BCUT2D eigenvalue weighted by molar-refractivity contribution is 0.353. The van der Waals surface area contributed by atoms with E-state index in [1.54, 1.807) is 21.3 Å². The molecular formula is C26H25NO3. The molecule has 1 aliphatic rings. The molecule has 3 aromatic rings. The average molecular weight is 399 g/mol. The Balaban J connectivity index is 1.73. The third-order valence-corrected chi connectivity index (χ3v) is 5.40. The van der Waals surface area contributed by atoms with Crippen LogP contribution in [0.2, 0.25) is 0 Å². The molecule has 1 heterocycles. The van der Waals surface area contributed by atoms with Gasteiger partial charge in [-0.3, -0.25) is 0 Å². The Morgan fingerprint density at radius 3 is 2.27 bits per heavy atom. The molecule has 4 nitrogen and oxygen atoms in total. The highest BCUT2D eigenvalue weighted by Gasteiger charge is 2.25. The second kappa shape index (κ2) is 8.94. The van der Waals surface area contributed by atoms with E-state index in [0.29, 0.717) is 0 Å². The van der Waals surface area contributed by atoms with Gasteiger partial charge in [0.25, 0.3) is 0 Å². The Labute approximate surface area is 177 Å². The van der Waals surface area contributed by atoms with Crippen LogP contribution in [0.1, 0.15) is 33.9 Å². The fraction of sp³-hybridized carbons (Fsp3) is 0.231. The number of hydrogen-bond acceptors (Lipinski definition) is 4. The first-order valence-electron chi connectivity index (χ1n) is 9.96. The molecule has 4 heteroatoms. The highest BCUT2D eigenvalue weighted by molar-refractivity contribution is 5.55. The molecule has 0 bridgehead atoms. The van der Waals surface area contributed by atoms with E-state index >= 15 is 0 Å². The van der Waals surface area contributed by atoms with Gasteiger partial charge in [-0.25, -0.2) is 0 Å². The molecule has 0 spiro atoms. The van der Waals surface area contributed by atoms with E-state index in [-0.39, 0.29) is 6.04 Å². The van der Waals surface area contributed by atoms with Gasteiger partial charge < -0.3 is 19.5 Å². The molecule has 1 N–H and O–H groups in total. The molecule has 4 rings (SSSR count). The summed E-state index contributed by atoms with van der Waals surface area (Å²) in [7, 11) is 5.01. The van der Waals surface area contributed by atoms with Crippen molar-refractivity contribution in [2.45, 2.75) is 12.5 Å². The Hall–Kier alpha value is -3.42. The van der Waals surface area contributed by atoms with Crippen molar-refractivity contribution in [2.24, 2.45) is 0 Å². The Morgan fingerprint density at radius 1 is 0.800 bits per heavy atom. The van der Waals surface area contributed by atoms with Crippen LogP contribution in [-0.2, 0) is 6.42 Å². The quantitative estimate of drug-likeness (QED) is 0.663. The Bertz CT molecular complexity index is 1090. The smallest absolute Gasteiger partial charge is 0.161 e. The van der Waals surface area contributed by atoms with Crippen molar-refractivity contribution in [3.05, 3.63) is 88.5 Å². The SMILES string of the molecule is COc1ccc(C#Cc2ccccc2C2NCCc3cc(OC)c(OC)cc32)cc1. The number of methoxy groups -OCH3 is 3. The third kappa shape index (κ3) is 3.98. The summed E-state index contributed by atoms with van der Waals surface area (Å²) in [5, 5.41) is 3.65. The van der Waals surface area contributed by atoms with Gasteiger partial charge in [0, 0.05) is 17.7 Å². The molecule has 152 valence electrons. The minimum absolute atomic E-state index is 0.0509. The van der Waals surface area contributed by atoms with E-state index in [1.165, 1.54) is 11.1 Å². The number of nitrogens with one attached hydrogen (secondary N) is 1. The van der Waals surface area contributed by atoms with Crippen LogP contribution in [0.4, 0.5) is 0 Å². The molecule has 0 aliphatic carbocycles. The highest BCUT2D eigenvalue weighted by Crippen LogP contribution is 2.38. The van der Waals surface area contributed by atoms with E-state index in [2.05, 4.69) is 47.5 Å². The van der Waals surface area contributed by atoms with Crippen LogP contribution in [0, 0.1) is 11.8 Å². The lowest BCUT2D eigenvalue weighted by atomic mass is 9.87. The van der Waals surface area contributed by atoms with Gasteiger partial charge in [-0.2, -0.15) is 0 Å². The normalized spacial score (nSPS) is 14.8. The number of hydrogen-bond donors (Lipinski definition) is 1. The van der Waals surface area contributed by atoms with Gasteiger partial charge in [-0.1, -0.05) is 30.0 Å². The predicted octanol–water partition coefficient (Wildman–Crippen LogP) is 4.35. The van der Waals surface area contributed by atoms with Gasteiger partial charge in [-0.15, -0.1) is 0 Å². The zero-order chi connectivity index (χ0) is 20.9. The summed E-state index contributed by atoms with van der Waals surface area (Å²) in [6.07, 6.45) is 0.950. The zero-order valence-corrected chi connectivity index (χ0v) is 17.5. The number of benzene rings is 3. The molecular weight excluding hydrogens is 374 g/mol. The summed E-state index contributed by atoms with van der Waals surface area (Å²) < 4.78 is 16.3. The van der Waals surface area contributed by atoms with Crippen molar-refractivity contribution < 1.29 is 14.2 Å². The third-order valence-electron chi connectivity index (χ3n) is 5.40. The molecule has 0 fully saturated rings. The highest BCUT2D eigenvalue weighted by atomic mass is 16.5. The molecule has 0 saturated carbocycles. The van der Waals surface area contributed by atoms with E-state index in [0.717, 1.165) is 46.9 Å². The first-order chi connectivity index (χ1) is 14.7. The van der Waals surface area contributed by atoms with Gasteiger partial charge in [0.1, 0.15) is 5.75 Å². The van der Waals surface area contributed by atoms with Crippen molar-refractivity contribution in [1.82, 2.24) is 5.32 Å². The number of rotatable bonds is 4. The van der Waals surface area contributed by atoms with Crippen molar-refractivity contribution in [2.75, 3.05) is 27.9 Å². The molecule has 1 atom stereocenters. The molecule has 0 amide bonds. The maximum atomic E-state index is 5.55. The van der Waals surface area contributed by atoms with E-state index < -0.39 is 0 Å². The molecule has 0 radical (unpaired) electrons. The zero-order valence-electron chi connectivity index (χ0n) is 17.5. The van der Waals surface area contributed by atoms with Crippen LogP contribution < -0.4 is 19.5 Å². The summed E-state index contributed by atoms with van der Waals surface area (Å²) in [5.74, 6) is 8.98. The van der Waals surface area contributed by atoms with Gasteiger partial charge in [0.05, 0.1) is 27.4 Å². The van der Waals surface area contributed by atoms with E-state index in [9.17, 15) is 0 Å². The summed E-state index contributed by atoms with van der Waals surface area (Å²) in [4.78, 5) is 0. The topological polar surface area (TPSA) is 39.7 Å². The van der Waals surface area contributed by atoms with Crippen LogP contribution in [0.25, 0.3) is 0 Å². The summed E-state index contributed by atoms with van der Waals surface area (Å²) in [5.41, 5.74) is 5.60. The minimum atomic E-state index is 0.0509. The lowest BCUT2D eigenvalue weighted by Crippen LogP contribution is -2.31. The molecule has 1 unspecified atom stereocenters. The molecule has 0 aromatic heterocycles. The first kappa shape index (κ1) is 19.9. The van der Waals surface area contributed by atoms with E-state index in [1.807, 2.05) is 30.3 Å².